The average Bonchev–Trinajstić information content (AvgIpc) is 3.09. The summed E-state index contributed by atoms with van der Waals surface area (Å²) in [6, 6.07) is 11.5. The minimum Gasteiger partial charge on any atom is -0.480 e. The predicted octanol–water partition coefficient (Wildman–Crippen LogP) is 2.97. The number of rotatable bonds is 5. The second kappa shape index (κ2) is 7.25. The van der Waals surface area contributed by atoms with E-state index in [1.54, 1.807) is 0 Å². The first kappa shape index (κ1) is 16.2. The Hall–Kier alpha value is -1.69. The zero-order valence-electron chi connectivity index (χ0n) is 12.8. The Morgan fingerprint density at radius 1 is 1.30 bits per heavy atom. The molecule has 3 atom stereocenters. The maximum Gasteiger partial charge on any atom is 0.325 e. The predicted molar refractivity (Wildman–Crippen MR) is 90.6 cm³/mol. The third-order valence-electron chi connectivity index (χ3n) is 4.69. The van der Waals surface area contributed by atoms with Crippen molar-refractivity contribution < 1.29 is 15.0 Å². The van der Waals surface area contributed by atoms with Crippen LogP contribution < -0.4 is 0 Å². The van der Waals surface area contributed by atoms with Gasteiger partial charge in [-0.2, -0.15) is 11.3 Å². The van der Waals surface area contributed by atoms with Crippen LogP contribution in [0.2, 0.25) is 0 Å². The fourth-order valence-corrected chi connectivity index (χ4v) is 4.24. The molecule has 4 nitrogen and oxygen atoms in total. The van der Waals surface area contributed by atoms with Crippen LogP contribution in [0.5, 0.6) is 0 Å². The monoisotopic (exact) mass is 331 g/mol. The summed E-state index contributed by atoms with van der Waals surface area (Å²) in [5.41, 5.74) is 2.06. The fraction of sp³-hybridized carbons (Fsp3) is 0.389. The lowest BCUT2D eigenvalue weighted by atomic mass is 9.80. The van der Waals surface area contributed by atoms with Crippen LogP contribution in [0, 0.1) is 5.92 Å². The Morgan fingerprint density at radius 2 is 2.09 bits per heavy atom. The van der Waals surface area contributed by atoms with E-state index in [9.17, 15) is 15.0 Å². The summed E-state index contributed by atoms with van der Waals surface area (Å²) in [7, 11) is 0. The van der Waals surface area contributed by atoms with Gasteiger partial charge in [-0.05, 0) is 46.8 Å². The quantitative estimate of drug-likeness (QED) is 0.884. The molecule has 2 heterocycles. The first-order valence-corrected chi connectivity index (χ1v) is 8.79. The summed E-state index contributed by atoms with van der Waals surface area (Å²) in [5, 5.41) is 23.3. The molecule has 1 saturated heterocycles. The molecule has 0 spiro atoms. The number of hydrogen-bond acceptors (Lipinski definition) is 4. The summed E-state index contributed by atoms with van der Waals surface area (Å²) < 4.78 is 0. The zero-order valence-corrected chi connectivity index (χ0v) is 13.7. The Bertz CT molecular complexity index is 629. The topological polar surface area (TPSA) is 60.8 Å². The number of benzene rings is 1. The molecule has 5 heteroatoms. The average molecular weight is 331 g/mol. The molecule has 0 aliphatic carbocycles. The number of aliphatic carboxylic acids is 1. The standard InChI is InChI=1S/C18H21NO3S/c20-11-15-10-19(17(18(21)22)14-7-9-23-12-14)8-6-16(15)13-4-2-1-3-5-13/h1-5,7,9,12,15-17,20H,6,8,10-11H2,(H,21,22)/t15-,16+,17?/m0/s1. The van der Waals surface area contributed by atoms with E-state index in [1.807, 2.05) is 39.9 Å². The van der Waals surface area contributed by atoms with Crippen LogP contribution in [-0.2, 0) is 4.79 Å². The van der Waals surface area contributed by atoms with Crippen molar-refractivity contribution in [2.45, 2.75) is 18.4 Å². The molecule has 2 aromatic rings. The molecule has 1 aliphatic rings. The molecule has 0 bridgehead atoms. The molecule has 1 aromatic heterocycles. The second-order valence-corrected chi connectivity index (χ2v) is 6.82. The molecule has 2 N–H and O–H groups in total. The SMILES string of the molecule is O=C(O)C(c1ccsc1)N1CC[C@H](c2ccccc2)[C@H](CO)C1. The summed E-state index contributed by atoms with van der Waals surface area (Å²) in [6.45, 7) is 1.40. The first-order chi connectivity index (χ1) is 11.2. The van der Waals surface area contributed by atoms with Crippen LogP contribution in [0.15, 0.2) is 47.2 Å². The highest BCUT2D eigenvalue weighted by molar-refractivity contribution is 7.08. The molecular weight excluding hydrogens is 310 g/mol. The number of likely N-dealkylation sites (tertiary alicyclic amines) is 1. The number of aliphatic hydroxyl groups is 1. The molecular formula is C18H21NO3S. The van der Waals surface area contributed by atoms with Crippen molar-refractivity contribution in [1.82, 2.24) is 4.90 Å². The van der Waals surface area contributed by atoms with Crippen molar-refractivity contribution in [1.29, 1.82) is 0 Å². The smallest absolute Gasteiger partial charge is 0.325 e. The largest absolute Gasteiger partial charge is 0.480 e. The summed E-state index contributed by atoms with van der Waals surface area (Å²) in [5.74, 6) is -0.473. The first-order valence-electron chi connectivity index (χ1n) is 7.85. The van der Waals surface area contributed by atoms with Crippen LogP contribution in [0.3, 0.4) is 0 Å². The van der Waals surface area contributed by atoms with Gasteiger partial charge in [-0.25, -0.2) is 0 Å². The van der Waals surface area contributed by atoms with Gasteiger partial charge in [0.05, 0.1) is 0 Å². The number of carbonyl (C=O) groups is 1. The second-order valence-electron chi connectivity index (χ2n) is 6.04. The maximum atomic E-state index is 11.7. The third-order valence-corrected chi connectivity index (χ3v) is 5.39. The maximum absolute atomic E-state index is 11.7. The van der Waals surface area contributed by atoms with Crippen LogP contribution in [0.25, 0.3) is 0 Å². The molecule has 1 unspecified atom stereocenters. The number of hydrogen-bond donors (Lipinski definition) is 2. The Labute approximate surface area is 140 Å². The van der Waals surface area contributed by atoms with Gasteiger partial charge in [-0.3, -0.25) is 9.69 Å². The number of thiophene rings is 1. The highest BCUT2D eigenvalue weighted by Gasteiger charge is 2.36. The van der Waals surface area contributed by atoms with Crippen molar-refractivity contribution in [3.63, 3.8) is 0 Å². The Kier molecular flexibility index (Phi) is 5.10. The van der Waals surface area contributed by atoms with E-state index >= 15 is 0 Å². The summed E-state index contributed by atoms with van der Waals surface area (Å²) in [6.07, 6.45) is 0.864. The van der Waals surface area contributed by atoms with Crippen molar-refractivity contribution in [2.24, 2.45) is 5.92 Å². The van der Waals surface area contributed by atoms with Crippen LogP contribution >= 0.6 is 11.3 Å². The third kappa shape index (κ3) is 3.47. The lowest BCUT2D eigenvalue weighted by Gasteiger charge is -2.40. The zero-order chi connectivity index (χ0) is 16.2. The molecule has 1 fully saturated rings. The van der Waals surface area contributed by atoms with Gasteiger partial charge < -0.3 is 10.2 Å². The van der Waals surface area contributed by atoms with Crippen molar-refractivity contribution in [3.05, 3.63) is 58.3 Å². The molecule has 1 aromatic carbocycles. The highest BCUT2D eigenvalue weighted by Crippen LogP contribution is 2.36. The molecule has 122 valence electrons. The van der Waals surface area contributed by atoms with Crippen molar-refractivity contribution >= 4 is 17.3 Å². The van der Waals surface area contributed by atoms with E-state index in [2.05, 4.69) is 12.1 Å². The molecule has 3 rings (SSSR count). The van der Waals surface area contributed by atoms with E-state index in [4.69, 9.17) is 0 Å². The number of nitrogens with zero attached hydrogens (tertiary/aromatic N) is 1. The van der Waals surface area contributed by atoms with Gasteiger partial charge in [-0.15, -0.1) is 0 Å². The van der Waals surface area contributed by atoms with Gasteiger partial charge in [0.15, 0.2) is 0 Å². The Morgan fingerprint density at radius 3 is 2.70 bits per heavy atom. The van der Waals surface area contributed by atoms with Crippen LogP contribution in [-0.4, -0.2) is 40.8 Å². The van der Waals surface area contributed by atoms with E-state index in [0.717, 1.165) is 18.5 Å². The van der Waals surface area contributed by atoms with Crippen molar-refractivity contribution in [3.8, 4) is 0 Å². The van der Waals surface area contributed by atoms with Gasteiger partial charge in [0.2, 0.25) is 0 Å². The number of carboxylic acids is 1. The number of aliphatic hydroxyl groups excluding tert-OH is 1. The molecule has 0 saturated carbocycles. The van der Waals surface area contributed by atoms with Gasteiger partial charge >= 0.3 is 5.97 Å². The summed E-state index contributed by atoms with van der Waals surface area (Å²) in [4.78, 5) is 13.7. The van der Waals surface area contributed by atoms with Crippen LogP contribution in [0.4, 0.5) is 0 Å². The number of piperidine rings is 1. The van der Waals surface area contributed by atoms with Gasteiger partial charge in [0.1, 0.15) is 6.04 Å². The lowest BCUT2D eigenvalue weighted by molar-refractivity contribution is -0.144. The van der Waals surface area contributed by atoms with E-state index in [-0.39, 0.29) is 18.4 Å². The minimum atomic E-state index is -0.821. The van der Waals surface area contributed by atoms with E-state index < -0.39 is 12.0 Å². The van der Waals surface area contributed by atoms with Crippen LogP contribution in [0.1, 0.15) is 29.5 Å². The van der Waals surface area contributed by atoms with Gasteiger partial charge in [0, 0.05) is 19.1 Å². The highest BCUT2D eigenvalue weighted by atomic mass is 32.1. The lowest BCUT2D eigenvalue weighted by Crippen LogP contribution is -2.45. The molecule has 1 aliphatic heterocycles. The fourth-order valence-electron chi connectivity index (χ4n) is 3.56. The Balaban J connectivity index is 1.79. The number of carboxylic acid groups (broad SMARTS) is 1. The summed E-state index contributed by atoms with van der Waals surface area (Å²) >= 11 is 1.51. The molecule has 0 amide bonds. The molecule has 23 heavy (non-hydrogen) atoms. The van der Waals surface area contributed by atoms with Gasteiger partial charge in [-0.1, -0.05) is 30.3 Å². The minimum absolute atomic E-state index is 0.0617. The molecule has 0 radical (unpaired) electrons. The van der Waals surface area contributed by atoms with Crippen molar-refractivity contribution in [2.75, 3.05) is 19.7 Å². The van der Waals surface area contributed by atoms with Gasteiger partial charge in [0.25, 0.3) is 0 Å². The normalized spacial score (nSPS) is 23.5. The van der Waals surface area contributed by atoms with E-state index in [0.29, 0.717) is 6.54 Å². The van der Waals surface area contributed by atoms with E-state index in [1.165, 1.54) is 16.9 Å².